The number of pyridine rings is 1. The normalized spacial score (nSPS) is 10.3. The monoisotopic (exact) mass is 311 g/mol. The van der Waals surface area contributed by atoms with E-state index >= 15 is 0 Å². The fourth-order valence-corrected chi connectivity index (χ4v) is 2.09. The van der Waals surface area contributed by atoms with Crippen LogP contribution in [-0.4, -0.2) is 53.8 Å². The van der Waals surface area contributed by atoms with Crippen LogP contribution in [0, 0.1) is 0 Å². The quantitative estimate of drug-likeness (QED) is 0.757. The summed E-state index contributed by atoms with van der Waals surface area (Å²) in [6.07, 6.45) is 1.48. The van der Waals surface area contributed by atoms with Gasteiger partial charge in [0.05, 0.1) is 0 Å². The third-order valence-corrected chi connectivity index (χ3v) is 3.26. The number of hydrogen-bond acceptors (Lipinski definition) is 3. The van der Waals surface area contributed by atoms with Crippen LogP contribution in [0.2, 0.25) is 5.15 Å². The van der Waals surface area contributed by atoms with E-state index < -0.39 is 0 Å². The van der Waals surface area contributed by atoms with Gasteiger partial charge in [0, 0.05) is 31.9 Å². The molecule has 0 aliphatic carbocycles. The number of aryl methyl sites for hydroxylation is 1. The summed E-state index contributed by atoms with van der Waals surface area (Å²) in [5, 5.41) is 0.299. The van der Waals surface area contributed by atoms with Crippen molar-refractivity contribution in [1.29, 1.82) is 0 Å². The molecule has 0 N–H and O–H groups in total. The number of carbonyl (C=O) groups excluding carboxylic acids is 2. The second-order valence-electron chi connectivity index (χ2n) is 5.04. The molecule has 0 unspecified atom stereocenters. The Morgan fingerprint density at radius 2 is 1.90 bits per heavy atom. The zero-order valence-electron chi connectivity index (χ0n) is 13.0. The molecular formula is C15H22ClN3O2. The number of halogens is 1. The number of hydrogen-bond donors (Lipinski definition) is 0. The molecule has 2 amide bonds. The largest absolute Gasteiger partial charge is 0.347 e. The molecule has 0 saturated heterocycles. The van der Waals surface area contributed by atoms with Crippen molar-refractivity contribution in [2.24, 2.45) is 0 Å². The highest BCUT2D eigenvalue weighted by atomic mass is 35.5. The number of carbonyl (C=O) groups is 2. The zero-order valence-corrected chi connectivity index (χ0v) is 13.8. The Hall–Kier alpha value is -1.62. The van der Waals surface area contributed by atoms with Crippen LogP contribution in [-0.2, 0) is 11.2 Å². The van der Waals surface area contributed by atoms with Gasteiger partial charge in [-0.25, -0.2) is 4.98 Å². The molecule has 1 aromatic heterocycles. The van der Waals surface area contributed by atoms with Crippen LogP contribution in [0.25, 0.3) is 0 Å². The van der Waals surface area contributed by atoms with Gasteiger partial charge in [-0.15, -0.1) is 0 Å². The van der Waals surface area contributed by atoms with Gasteiger partial charge in [-0.05, 0) is 25.0 Å². The Labute approximate surface area is 130 Å². The van der Waals surface area contributed by atoms with Crippen LogP contribution in [0.5, 0.6) is 0 Å². The highest BCUT2D eigenvalue weighted by molar-refractivity contribution is 6.29. The standard InChI is InChI=1S/C15H22ClN3O2/c1-5-7-19(10-14(20)18(3)4)15(21)11-8-12(6-2)17-13(16)9-11/h8-9H,5-7,10H2,1-4H3. The molecule has 1 aromatic rings. The third-order valence-electron chi connectivity index (χ3n) is 3.06. The second kappa shape index (κ2) is 7.98. The smallest absolute Gasteiger partial charge is 0.254 e. The molecule has 0 aliphatic rings. The predicted octanol–water partition coefficient (Wildman–Crippen LogP) is 2.24. The second-order valence-corrected chi connectivity index (χ2v) is 5.43. The van der Waals surface area contributed by atoms with Crippen molar-refractivity contribution in [1.82, 2.24) is 14.8 Å². The van der Waals surface area contributed by atoms with Gasteiger partial charge in [0.1, 0.15) is 11.7 Å². The molecule has 21 heavy (non-hydrogen) atoms. The molecular weight excluding hydrogens is 290 g/mol. The lowest BCUT2D eigenvalue weighted by atomic mass is 10.1. The van der Waals surface area contributed by atoms with Crippen LogP contribution < -0.4 is 0 Å². The maximum Gasteiger partial charge on any atom is 0.254 e. The molecule has 0 aromatic carbocycles. The molecule has 0 bridgehead atoms. The van der Waals surface area contributed by atoms with Crippen LogP contribution >= 0.6 is 11.6 Å². The van der Waals surface area contributed by atoms with Crippen molar-refractivity contribution in [3.63, 3.8) is 0 Å². The minimum Gasteiger partial charge on any atom is -0.347 e. The Bertz CT molecular complexity index is 518. The number of nitrogens with zero attached hydrogens (tertiary/aromatic N) is 3. The summed E-state index contributed by atoms with van der Waals surface area (Å²) < 4.78 is 0. The van der Waals surface area contributed by atoms with Crippen molar-refractivity contribution in [3.05, 3.63) is 28.5 Å². The summed E-state index contributed by atoms with van der Waals surface area (Å²) in [7, 11) is 3.35. The first-order chi connectivity index (χ1) is 9.88. The van der Waals surface area contributed by atoms with Gasteiger partial charge in [-0.3, -0.25) is 9.59 Å². The van der Waals surface area contributed by atoms with E-state index in [1.54, 1.807) is 31.1 Å². The molecule has 116 valence electrons. The summed E-state index contributed by atoms with van der Waals surface area (Å²) in [6, 6.07) is 3.28. The lowest BCUT2D eigenvalue weighted by Gasteiger charge is -2.23. The molecule has 0 spiro atoms. The summed E-state index contributed by atoms with van der Waals surface area (Å²) in [5.74, 6) is -0.293. The highest BCUT2D eigenvalue weighted by Crippen LogP contribution is 2.14. The average molecular weight is 312 g/mol. The molecule has 1 rings (SSSR count). The fraction of sp³-hybridized carbons (Fsp3) is 0.533. The van der Waals surface area contributed by atoms with E-state index in [1.165, 1.54) is 4.90 Å². The summed E-state index contributed by atoms with van der Waals surface area (Å²) >= 11 is 5.95. The number of likely N-dealkylation sites (N-methyl/N-ethyl adjacent to an activating group) is 1. The van der Waals surface area contributed by atoms with Crippen molar-refractivity contribution < 1.29 is 9.59 Å². The summed E-state index contributed by atoms with van der Waals surface area (Å²) in [4.78, 5) is 31.6. The van der Waals surface area contributed by atoms with E-state index in [9.17, 15) is 9.59 Å². The fourth-order valence-electron chi connectivity index (χ4n) is 1.87. The topological polar surface area (TPSA) is 53.5 Å². The summed E-state index contributed by atoms with van der Waals surface area (Å²) in [5.41, 5.74) is 1.24. The Morgan fingerprint density at radius 3 is 2.43 bits per heavy atom. The lowest BCUT2D eigenvalue weighted by molar-refractivity contribution is -0.129. The Morgan fingerprint density at radius 1 is 1.24 bits per heavy atom. The molecule has 0 radical (unpaired) electrons. The maximum atomic E-state index is 12.6. The van der Waals surface area contributed by atoms with Gasteiger partial charge in [0.15, 0.2) is 0 Å². The molecule has 6 heteroatoms. The molecule has 0 aliphatic heterocycles. The zero-order chi connectivity index (χ0) is 16.0. The van der Waals surface area contributed by atoms with Gasteiger partial charge in [0.25, 0.3) is 5.91 Å². The van der Waals surface area contributed by atoms with Crippen LogP contribution in [0.3, 0.4) is 0 Å². The Kier molecular flexibility index (Phi) is 6.62. The highest BCUT2D eigenvalue weighted by Gasteiger charge is 2.20. The lowest BCUT2D eigenvalue weighted by Crippen LogP contribution is -2.40. The van der Waals surface area contributed by atoms with E-state index in [-0.39, 0.29) is 18.4 Å². The number of aromatic nitrogens is 1. The molecule has 0 saturated carbocycles. The van der Waals surface area contributed by atoms with Crippen LogP contribution in [0.1, 0.15) is 36.3 Å². The molecule has 0 fully saturated rings. The molecule has 5 nitrogen and oxygen atoms in total. The van der Waals surface area contributed by atoms with Gasteiger partial charge in [-0.1, -0.05) is 25.4 Å². The minimum absolute atomic E-state index is 0.0705. The maximum absolute atomic E-state index is 12.6. The Balaban J connectivity index is 3.00. The minimum atomic E-state index is -0.189. The van der Waals surface area contributed by atoms with Gasteiger partial charge in [0.2, 0.25) is 5.91 Å². The van der Waals surface area contributed by atoms with E-state index in [4.69, 9.17) is 11.6 Å². The molecule has 1 heterocycles. The van der Waals surface area contributed by atoms with Gasteiger partial charge < -0.3 is 9.80 Å². The van der Waals surface area contributed by atoms with E-state index in [0.717, 1.165) is 12.1 Å². The van der Waals surface area contributed by atoms with Crippen LogP contribution in [0.4, 0.5) is 0 Å². The molecule has 0 atom stereocenters. The summed E-state index contributed by atoms with van der Waals surface area (Å²) in [6.45, 7) is 4.52. The predicted molar refractivity (Wildman–Crippen MR) is 83.5 cm³/mol. The average Bonchev–Trinajstić information content (AvgIpc) is 2.45. The first-order valence-electron chi connectivity index (χ1n) is 7.04. The third kappa shape index (κ3) is 5.01. The van der Waals surface area contributed by atoms with Crippen molar-refractivity contribution in [3.8, 4) is 0 Å². The number of amides is 2. The first-order valence-corrected chi connectivity index (χ1v) is 7.42. The van der Waals surface area contributed by atoms with Crippen molar-refractivity contribution >= 4 is 23.4 Å². The van der Waals surface area contributed by atoms with Crippen molar-refractivity contribution in [2.75, 3.05) is 27.2 Å². The van der Waals surface area contributed by atoms with E-state index in [1.807, 2.05) is 13.8 Å². The van der Waals surface area contributed by atoms with E-state index in [0.29, 0.717) is 23.7 Å². The van der Waals surface area contributed by atoms with Gasteiger partial charge in [-0.2, -0.15) is 0 Å². The van der Waals surface area contributed by atoms with Gasteiger partial charge >= 0.3 is 0 Å². The first kappa shape index (κ1) is 17.4. The van der Waals surface area contributed by atoms with Crippen LogP contribution in [0.15, 0.2) is 12.1 Å². The number of rotatable bonds is 6. The van der Waals surface area contributed by atoms with Crippen molar-refractivity contribution in [2.45, 2.75) is 26.7 Å². The van der Waals surface area contributed by atoms with E-state index in [2.05, 4.69) is 4.98 Å². The SMILES string of the molecule is CCCN(CC(=O)N(C)C)C(=O)c1cc(Cl)nc(CC)c1.